The van der Waals surface area contributed by atoms with Crippen LogP contribution in [-0.4, -0.2) is 39.3 Å². The molecule has 0 radical (unpaired) electrons. The first-order chi connectivity index (χ1) is 10.6. The summed E-state index contributed by atoms with van der Waals surface area (Å²) in [5, 5.41) is 8.39. The molecule has 1 fully saturated rings. The number of rotatable bonds is 4. The first-order valence-corrected chi connectivity index (χ1v) is 8.38. The molecule has 0 bridgehead atoms. The zero-order chi connectivity index (χ0) is 15.5. The summed E-state index contributed by atoms with van der Waals surface area (Å²) in [6.07, 6.45) is 2.20. The number of aromatic nitrogens is 2. The predicted octanol–water partition coefficient (Wildman–Crippen LogP) is 3.15. The largest absolute Gasteiger partial charge is 0.411 e. The molecule has 6 heteroatoms. The van der Waals surface area contributed by atoms with E-state index in [1.807, 2.05) is 43.0 Å². The number of amides is 1. The molecule has 1 aromatic heterocycles. The third kappa shape index (κ3) is 3.16. The van der Waals surface area contributed by atoms with Gasteiger partial charge >= 0.3 is 0 Å². The molecule has 0 aliphatic carbocycles. The third-order valence-electron chi connectivity index (χ3n) is 3.83. The molecule has 0 spiro atoms. The minimum atomic E-state index is -0.205. The van der Waals surface area contributed by atoms with Crippen molar-refractivity contribution in [1.82, 2.24) is 15.1 Å². The highest BCUT2D eigenvalue weighted by atomic mass is 32.2. The average molecular weight is 317 g/mol. The molecule has 0 unspecified atom stereocenters. The van der Waals surface area contributed by atoms with Crippen LogP contribution in [0.15, 0.2) is 33.9 Å². The molecule has 1 aliphatic rings. The van der Waals surface area contributed by atoms with Crippen LogP contribution in [0.3, 0.4) is 0 Å². The van der Waals surface area contributed by atoms with Gasteiger partial charge in [0.2, 0.25) is 11.8 Å². The van der Waals surface area contributed by atoms with E-state index in [0.717, 1.165) is 37.1 Å². The van der Waals surface area contributed by atoms with Crippen molar-refractivity contribution in [2.45, 2.75) is 37.2 Å². The summed E-state index contributed by atoms with van der Waals surface area (Å²) < 4.78 is 5.70. The summed E-state index contributed by atoms with van der Waals surface area (Å²) in [6, 6.07) is 7.88. The second-order valence-electron chi connectivity index (χ2n) is 5.48. The number of nitrogens with zero attached hydrogens (tertiary/aromatic N) is 3. The Hall–Kier alpha value is -1.82. The lowest BCUT2D eigenvalue weighted by Gasteiger charge is -2.18. The maximum atomic E-state index is 12.3. The van der Waals surface area contributed by atoms with E-state index < -0.39 is 0 Å². The summed E-state index contributed by atoms with van der Waals surface area (Å²) in [5.74, 6) is 0.652. The predicted molar refractivity (Wildman–Crippen MR) is 85.6 cm³/mol. The fourth-order valence-electron chi connectivity index (χ4n) is 2.58. The molecule has 2 aromatic rings. The number of carbonyl (C=O) groups excluding carboxylic acids is 1. The number of carbonyl (C=O) groups is 1. The lowest BCUT2D eigenvalue weighted by molar-refractivity contribution is -0.129. The van der Waals surface area contributed by atoms with E-state index in [9.17, 15) is 4.79 Å². The van der Waals surface area contributed by atoms with Gasteiger partial charge in [-0.25, -0.2) is 0 Å². The van der Waals surface area contributed by atoms with Gasteiger partial charge in [0.25, 0.3) is 5.22 Å². The van der Waals surface area contributed by atoms with Crippen molar-refractivity contribution in [2.24, 2.45) is 0 Å². The van der Waals surface area contributed by atoms with Crippen LogP contribution in [-0.2, 0) is 4.79 Å². The van der Waals surface area contributed by atoms with Crippen LogP contribution in [0.25, 0.3) is 11.5 Å². The van der Waals surface area contributed by atoms with Gasteiger partial charge in [-0.15, -0.1) is 10.2 Å². The van der Waals surface area contributed by atoms with E-state index in [4.69, 9.17) is 4.42 Å². The van der Waals surface area contributed by atoms with Crippen LogP contribution in [0.1, 0.15) is 25.3 Å². The Balaban J connectivity index is 1.69. The molecule has 1 amide bonds. The quantitative estimate of drug-likeness (QED) is 0.811. The van der Waals surface area contributed by atoms with Crippen molar-refractivity contribution in [3.63, 3.8) is 0 Å². The van der Waals surface area contributed by atoms with Gasteiger partial charge in [0.1, 0.15) is 0 Å². The molecule has 1 saturated heterocycles. The monoisotopic (exact) mass is 317 g/mol. The van der Waals surface area contributed by atoms with Crippen LogP contribution in [0.4, 0.5) is 0 Å². The smallest absolute Gasteiger partial charge is 0.277 e. The second-order valence-corrected chi connectivity index (χ2v) is 6.77. The van der Waals surface area contributed by atoms with Gasteiger partial charge in [-0.3, -0.25) is 4.79 Å². The van der Waals surface area contributed by atoms with Crippen molar-refractivity contribution in [3.05, 3.63) is 29.8 Å². The lowest BCUT2D eigenvalue weighted by atomic mass is 10.1. The minimum Gasteiger partial charge on any atom is -0.411 e. The van der Waals surface area contributed by atoms with Crippen LogP contribution >= 0.6 is 11.8 Å². The third-order valence-corrected chi connectivity index (χ3v) is 4.75. The first-order valence-electron chi connectivity index (χ1n) is 7.50. The van der Waals surface area contributed by atoms with Gasteiger partial charge in [0, 0.05) is 18.7 Å². The average Bonchev–Trinajstić information content (AvgIpc) is 3.18. The van der Waals surface area contributed by atoms with Crippen LogP contribution in [0.2, 0.25) is 0 Å². The maximum absolute atomic E-state index is 12.3. The number of hydrogen-bond acceptors (Lipinski definition) is 5. The topological polar surface area (TPSA) is 59.2 Å². The summed E-state index contributed by atoms with van der Waals surface area (Å²) in [4.78, 5) is 14.2. The molecule has 1 aliphatic heterocycles. The first kappa shape index (κ1) is 15.1. The Morgan fingerprint density at radius 1 is 1.27 bits per heavy atom. The molecular formula is C16H19N3O2S. The van der Waals surface area contributed by atoms with E-state index >= 15 is 0 Å². The van der Waals surface area contributed by atoms with Crippen molar-refractivity contribution in [3.8, 4) is 11.5 Å². The summed E-state index contributed by atoms with van der Waals surface area (Å²) in [6.45, 7) is 5.62. The molecule has 22 heavy (non-hydrogen) atoms. The van der Waals surface area contributed by atoms with Crippen LogP contribution in [0, 0.1) is 6.92 Å². The van der Waals surface area contributed by atoms with Crippen molar-refractivity contribution >= 4 is 17.7 Å². The normalized spacial score (nSPS) is 16.0. The maximum Gasteiger partial charge on any atom is 0.277 e. The van der Waals surface area contributed by atoms with Crippen molar-refractivity contribution in [2.75, 3.05) is 13.1 Å². The highest BCUT2D eigenvalue weighted by molar-refractivity contribution is 8.00. The Morgan fingerprint density at radius 2 is 2.00 bits per heavy atom. The van der Waals surface area contributed by atoms with E-state index in [1.165, 1.54) is 11.8 Å². The van der Waals surface area contributed by atoms with Crippen molar-refractivity contribution in [1.29, 1.82) is 0 Å². The van der Waals surface area contributed by atoms with Gasteiger partial charge in [-0.1, -0.05) is 30.0 Å². The zero-order valence-corrected chi connectivity index (χ0v) is 13.6. The number of likely N-dealkylation sites (tertiary alicyclic amines) is 1. The molecule has 5 nitrogen and oxygen atoms in total. The molecule has 1 atom stereocenters. The summed E-state index contributed by atoms with van der Waals surface area (Å²) in [7, 11) is 0. The summed E-state index contributed by atoms with van der Waals surface area (Å²) >= 11 is 1.33. The molecule has 0 saturated carbocycles. The standard InChI is InChI=1S/C16H19N3O2S/c1-11-7-3-4-8-13(11)14-17-18-16(21-14)22-12(2)15(20)19-9-5-6-10-19/h3-4,7-8,12H,5-6,9-10H2,1-2H3/t12-/m1/s1. The number of benzene rings is 1. The second kappa shape index (κ2) is 6.52. The highest BCUT2D eigenvalue weighted by Gasteiger charge is 2.25. The SMILES string of the molecule is Cc1ccccc1-c1nnc(S[C@H](C)C(=O)N2CCCC2)o1. The van der Waals surface area contributed by atoms with Crippen LogP contribution < -0.4 is 0 Å². The summed E-state index contributed by atoms with van der Waals surface area (Å²) in [5.41, 5.74) is 2.02. The molecule has 0 N–H and O–H groups in total. The van der Waals surface area contributed by atoms with E-state index in [2.05, 4.69) is 10.2 Å². The zero-order valence-electron chi connectivity index (χ0n) is 12.8. The fourth-order valence-corrected chi connectivity index (χ4v) is 3.34. The fraction of sp³-hybridized carbons (Fsp3) is 0.438. The van der Waals surface area contributed by atoms with E-state index in [-0.39, 0.29) is 11.2 Å². The minimum absolute atomic E-state index is 0.151. The van der Waals surface area contributed by atoms with Gasteiger partial charge < -0.3 is 9.32 Å². The molecule has 2 heterocycles. The van der Waals surface area contributed by atoms with Crippen molar-refractivity contribution < 1.29 is 9.21 Å². The van der Waals surface area contributed by atoms with Gasteiger partial charge in [-0.05, 0) is 38.3 Å². The van der Waals surface area contributed by atoms with Crippen LogP contribution in [0.5, 0.6) is 0 Å². The number of aryl methyl sites for hydroxylation is 1. The molecule has 1 aromatic carbocycles. The molecule has 116 valence electrons. The number of thioether (sulfide) groups is 1. The molecular weight excluding hydrogens is 298 g/mol. The Bertz CT molecular complexity index is 665. The van der Waals surface area contributed by atoms with E-state index in [1.54, 1.807) is 0 Å². The highest BCUT2D eigenvalue weighted by Crippen LogP contribution is 2.28. The Labute approximate surface area is 134 Å². The Morgan fingerprint density at radius 3 is 2.73 bits per heavy atom. The van der Waals surface area contributed by atoms with Gasteiger partial charge in [0.15, 0.2) is 0 Å². The molecule has 3 rings (SSSR count). The van der Waals surface area contributed by atoms with Gasteiger partial charge in [0.05, 0.1) is 5.25 Å². The van der Waals surface area contributed by atoms with Gasteiger partial charge in [-0.2, -0.15) is 0 Å². The van der Waals surface area contributed by atoms with E-state index in [0.29, 0.717) is 11.1 Å². The number of hydrogen-bond donors (Lipinski definition) is 0. The Kier molecular flexibility index (Phi) is 4.47. The lowest BCUT2D eigenvalue weighted by Crippen LogP contribution is -2.34.